The van der Waals surface area contributed by atoms with Gasteiger partial charge in [0, 0.05) is 4.47 Å². The van der Waals surface area contributed by atoms with Crippen LogP contribution in [0.15, 0.2) is 28.7 Å². The van der Waals surface area contributed by atoms with Crippen molar-refractivity contribution in [1.29, 1.82) is 0 Å². The van der Waals surface area contributed by atoms with E-state index >= 15 is 0 Å². The molecular weight excluding hydrogens is 348 g/mol. The van der Waals surface area contributed by atoms with Gasteiger partial charge in [-0.25, -0.2) is 4.79 Å². The molecular formula is C13H10BrClN2O3. The summed E-state index contributed by atoms with van der Waals surface area (Å²) in [6, 6.07) is 6.82. The first-order valence-electron chi connectivity index (χ1n) is 5.57. The van der Waals surface area contributed by atoms with E-state index in [1.807, 2.05) is 19.1 Å². The lowest BCUT2D eigenvalue weighted by atomic mass is 10.2. The molecule has 0 bridgehead atoms. The van der Waals surface area contributed by atoms with Crippen LogP contribution in [0.25, 0.3) is 0 Å². The molecule has 1 aromatic carbocycles. The Morgan fingerprint density at radius 3 is 2.70 bits per heavy atom. The van der Waals surface area contributed by atoms with Crippen LogP contribution >= 0.6 is 27.5 Å². The third-order valence-electron chi connectivity index (χ3n) is 2.48. The summed E-state index contributed by atoms with van der Waals surface area (Å²) in [6.45, 7) is 1.88. The van der Waals surface area contributed by atoms with Crippen LogP contribution in [-0.2, 0) is 4.74 Å². The Morgan fingerprint density at radius 1 is 1.30 bits per heavy atom. The maximum atomic E-state index is 11.7. The van der Waals surface area contributed by atoms with Gasteiger partial charge < -0.3 is 9.47 Å². The van der Waals surface area contributed by atoms with E-state index in [0.29, 0.717) is 5.75 Å². The lowest BCUT2D eigenvalue weighted by Gasteiger charge is -2.10. The van der Waals surface area contributed by atoms with Gasteiger partial charge in [0.1, 0.15) is 11.3 Å². The van der Waals surface area contributed by atoms with Gasteiger partial charge in [-0.1, -0.05) is 27.5 Å². The lowest BCUT2D eigenvalue weighted by Crippen LogP contribution is -2.06. The van der Waals surface area contributed by atoms with E-state index in [0.717, 1.165) is 10.0 Å². The van der Waals surface area contributed by atoms with Crippen LogP contribution in [0.5, 0.6) is 11.6 Å². The van der Waals surface area contributed by atoms with Gasteiger partial charge in [-0.2, -0.15) is 0 Å². The van der Waals surface area contributed by atoms with E-state index in [9.17, 15) is 4.79 Å². The standard InChI is InChI=1S/C13H10BrClN2O3/c1-7-5-8(14)3-4-10(7)20-12-9(13(18)19-2)6-11(15)16-17-12/h3-6H,1-2H3. The van der Waals surface area contributed by atoms with Crippen LogP contribution < -0.4 is 4.74 Å². The highest BCUT2D eigenvalue weighted by Crippen LogP contribution is 2.29. The molecule has 1 aromatic heterocycles. The summed E-state index contributed by atoms with van der Waals surface area (Å²) >= 11 is 9.09. The zero-order valence-electron chi connectivity index (χ0n) is 10.7. The summed E-state index contributed by atoms with van der Waals surface area (Å²) < 4.78 is 11.2. The molecule has 0 atom stereocenters. The highest BCUT2D eigenvalue weighted by molar-refractivity contribution is 9.10. The Kier molecular flexibility index (Phi) is 4.57. The monoisotopic (exact) mass is 356 g/mol. The maximum absolute atomic E-state index is 11.7. The van der Waals surface area contributed by atoms with Crippen molar-refractivity contribution in [1.82, 2.24) is 10.2 Å². The number of carbonyl (C=O) groups excluding carboxylic acids is 1. The molecule has 0 aliphatic heterocycles. The largest absolute Gasteiger partial charge is 0.465 e. The number of ether oxygens (including phenoxy) is 2. The first-order valence-corrected chi connectivity index (χ1v) is 6.74. The fourth-order valence-electron chi connectivity index (χ4n) is 1.52. The molecule has 0 saturated heterocycles. The summed E-state index contributed by atoms with van der Waals surface area (Å²) in [6.07, 6.45) is 0. The minimum atomic E-state index is -0.591. The highest BCUT2D eigenvalue weighted by atomic mass is 79.9. The van der Waals surface area contributed by atoms with Crippen molar-refractivity contribution in [2.24, 2.45) is 0 Å². The van der Waals surface area contributed by atoms with Crippen molar-refractivity contribution in [3.8, 4) is 11.6 Å². The average Bonchev–Trinajstić information content (AvgIpc) is 2.42. The van der Waals surface area contributed by atoms with Crippen molar-refractivity contribution in [2.45, 2.75) is 6.92 Å². The zero-order chi connectivity index (χ0) is 14.7. The van der Waals surface area contributed by atoms with Crippen LogP contribution in [0.3, 0.4) is 0 Å². The third-order valence-corrected chi connectivity index (χ3v) is 3.16. The Bertz CT molecular complexity index is 664. The summed E-state index contributed by atoms with van der Waals surface area (Å²) in [5.41, 5.74) is 1.00. The van der Waals surface area contributed by atoms with E-state index in [-0.39, 0.29) is 16.6 Å². The number of esters is 1. The summed E-state index contributed by atoms with van der Waals surface area (Å²) in [5.74, 6) is 0.0215. The molecule has 5 nitrogen and oxygen atoms in total. The van der Waals surface area contributed by atoms with Crippen molar-refractivity contribution >= 4 is 33.5 Å². The number of methoxy groups -OCH3 is 1. The number of hydrogen-bond donors (Lipinski definition) is 0. The molecule has 0 unspecified atom stereocenters. The zero-order valence-corrected chi connectivity index (χ0v) is 13.0. The maximum Gasteiger partial charge on any atom is 0.343 e. The highest BCUT2D eigenvalue weighted by Gasteiger charge is 2.17. The number of carbonyl (C=O) groups is 1. The molecule has 1 heterocycles. The SMILES string of the molecule is COC(=O)c1cc(Cl)nnc1Oc1ccc(Br)cc1C. The number of halogens is 2. The molecule has 0 radical (unpaired) electrons. The van der Waals surface area contributed by atoms with Crippen LogP contribution in [0, 0.1) is 6.92 Å². The topological polar surface area (TPSA) is 61.3 Å². The predicted molar refractivity (Wildman–Crippen MR) is 77.3 cm³/mol. The number of nitrogens with zero attached hydrogens (tertiary/aromatic N) is 2. The Labute approximate surface area is 129 Å². The van der Waals surface area contributed by atoms with E-state index in [1.54, 1.807) is 6.07 Å². The molecule has 2 rings (SSSR count). The van der Waals surface area contributed by atoms with Gasteiger partial charge in [0.15, 0.2) is 5.15 Å². The fraction of sp³-hybridized carbons (Fsp3) is 0.154. The molecule has 2 aromatic rings. The van der Waals surface area contributed by atoms with Crippen molar-refractivity contribution in [3.63, 3.8) is 0 Å². The molecule has 0 saturated carbocycles. The number of rotatable bonds is 3. The smallest absolute Gasteiger partial charge is 0.343 e. The molecule has 0 amide bonds. The van der Waals surface area contributed by atoms with Gasteiger partial charge in [0.25, 0.3) is 5.88 Å². The molecule has 0 N–H and O–H groups in total. The second-order valence-electron chi connectivity index (χ2n) is 3.89. The Hall–Kier alpha value is -1.66. The Morgan fingerprint density at radius 2 is 2.05 bits per heavy atom. The van der Waals surface area contributed by atoms with Crippen LogP contribution in [-0.4, -0.2) is 23.3 Å². The molecule has 20 heavy (non-hydrogen) atoms. The van der Waals surface area contributed by atoms with E-state index < -0.39 is 5.97 Å². The fourth-order valence-corrected chi connectivity index (χ4v) is 2.14. The quantitative estimate of drug-likeness (QED) is 0.782. The van der Waals surface area contributed by atoms with Crippen LogP contribution in [0.2, 0.25) is 5.15 Å². The Balaban J connectivity index is 2.40. The average molecular weight is 358 g/mol. The minimum absolute atomic E-state index is 0.0478. The lowest BCUT2D eigenvalue weighted by molar-refractivity contribution is 0.0596. The van der Waals surface area contributed by atoms with E-state index in [4.69, 9.17) is 16.3 Å². The predicted octanol–water partition coefficient (Wildman–Crippen LogP) is 3.78. The summed E-state index contributed by atoms with van der Waals surface area (Å²) in [7, 11) is 1.27. The number of hydrogen-bond acceptors (Lipinski definition) is 5. The van der Waals surface area contributed by atoms with Crippen molar-refractivity contribution < 1.29 is 14.3 Å². The van der Waals surface area contributed by atoms with Gasteiger partial charge in [-0.15, -0.1) is 10.2 Å². The molecule has 0 fully saturated rings. The van der Waals surface area contributed by atoms with Gasteiger partial charge in [0.2, 0.25) is 0 Å². The van der Waals surface area contributed by atoms with Gasteiger partial charge in [-0.05, 0) is 36.8 Å². The minimum Gasteiger partial charge on any atom is -0.465 e. The molecule has 0 aliphatic rings. The van der Waals surface area contributed by atoms with Crippen molar-refractivity contribution in [2.75, 3.05) is 7.11 Å². The third kappa shape index (κ3) is 3.26. The van der Waals surface area contributed by atoms with Crippen molar-refractivity contribution in [3.05, 3.63) is 45.0 Å². The summed E-state index contributed by atoms with van der Waals surface area (Å²) in [4.78, 5) is 11.7. The number of aryl methyl sites for hydroxylation is 1. The number of benzene rings is 1. The van der Waals surface area contributed by atoms with E-state index in [1.165, 1.54) is 13.2 Å². The number of aromatic nitrogens is 2. The van der Waals surface area contributed by atoms with E-state index in [2.05, 4.69) is 30.9 Å². The molecule has 0 spiro atoms. The normalized spacial score (nSPS) is 10.2. The second kappa shape index (κ2) is 6.19. The van der Waals surface area contributed by atoms with Crippen LogP contribution in [0.1, 0.15) is 15.9 Å². The summed E-state index contributed by atoms with van der Waals surface area (Å²) in [5, 5.41) is 7.55. The first-order chi connectivity index (χ1) is 9.51. The second-order valence-corrected chi connectivity index (χ2v) is 5.19. The molecule has 0 aliphatic carbocycles. The molecule has 104 valence electrons. The van der Waals surface area contributed by atoms with Gasteiger partial charge in [-0.3, -0.25) is 0 Å². The molecule has 7 heteroatoms. The van der Waals surface area contributed by atoms with Gasteiger partial charge >= 0.3 is 5.97 Å². The van der Waals surface area contributed by atoms with Crippen LogP contribution in [0.4, 0.5) is 0 Å². The first kappa shape index (κ1) is 14.7. The van der Waals surface area contributed by atoms with Gasteiger partial charge in [0.05, 0.1) is 7.11 Å².